The molecule has 1 atom stereocenters. The molecule has 3 aromatic rings. The van der Waals surface area contributed by atoms with E-state index in [0.717, 1.165) is 0 Å². The molecule has 2 aromatic heterocycles. The second-order valence-electron chi connectivity index (χ2n) is 9.18. The number of nitrogens with zero attached hydrogens (tertiary/aromatic N) is 4. The second-order valence-corrected chi connectivity index (χ2v) is 9.97. The summed E-state index contributed by atoms with van der Waals surface area (Å²) in [5.41, 5.74) is 7.50. The Morgan fingerprint density at radius 1 is 1.15 bits per heavy atom. The first-order valence-electron chi connectivity index (χ1n) is 11.6. The van der Waals surface area contributed by atoms with E-state index in [1.165, 1.54) is 12.7 Å². The van der Waals surface area contributed by atoms with Crippen LogP contribution < -0.4 is 31.8 Å². The largest absolute Gasteiger partial charge is 0.493 e. The predicted octanol–water partition coefficient (Wildman–Crippen LogP) is 2.68. The van der Waals surface area contributed by atoms with Gasteiger partial charge in [-0.3, -0.25) is 10.2 Å². The Kier molecular flexibility index (Phi) is 9.72. The molecule has 0 aliphatic rings. The van der Waals surface area contributed by atoms with Crippen LogP contribution in [0.3, 0.4) is 0 Å². The van der Waals surface area contributed by atoms with Crippen molar-refractivity contribution in [1.29, 1.82) is 0 Å². The minimum atomic E-state index is -1.04. The lowest BCUT2D eigenvalue weighted by Gasteiger charge is -2.23. The van der Waals surface area contributed by atoms with Gasteiger partial charge in [0, 0.05) is 5.56 Å². The summed E-state index contributed by atoms with van der Waals surface area (Å²) in [5, 5.41) is 3.06. The molecule has 1 aromatic carbocycles. The van der Waals surface area contributed by atoms with E-state index in [1.54, 1.807) is 37.5 Å². The van der Waals surface area contributed by atoms with Crippen molar-refractivity contribution in [3.63, 3.8) is 0 Å². The number of hydrazine groups is 1. The van der Waals surface area contributed by atoms with E-state index >= 15 is 0 Å². The van der Waals surface area contributed by atoms with E-state index < -0.39 is 29.7 Å². The molecule has 210 valence electrons. The monoisotopic (exact) mass is 582 g/mol. The molecule has 0 spiro atoms. The molecule has 3 rings (SSSR count). The van der Waals surface area contributed by atoms with Gasteiger partial charge in [-0.25, -0.2) is 25.4 Å². The number of rotatable bonds is 10. The number of imidazole rings is 1. The number of alkyl carbamates (subject to hydrolysis) is 1. The van der Waals surface area contributed by atoms with Gasteiger partial charge in [0.1, 0.15) is 23.7 Å². The van der Waals surface area contributed by atoms with Gasteiger partial charge in [-0.1, -0.05) is 23.2 Å². The van der Waals surface area contributed by atoms with Crippen molar-refractivity contribution in [3.8, 4) is 11.6 Å². The maximum absolute atomic E-state index is 12.1. The maximum atomic E-state index is 12.1. The highest BCUT2D eigenvalue weighted by Gasteiger charge is 2.24. The van der Waals surface area contributed by atoms with E-state index in [2.05, 4.69) is 20.3 Å². The van der Waals surface area contributed by atoms with Gasteiger partial charge < -0.3 is 29.8 Å². The zero-order valence-electron chi connectivity index (χ0n) is 21.4. The van der Waals surface area contributed by atoms with E-state index in [4.69, 9.17) is 49.0 Å². The van der Waals surface area contributed by atoms with Crippen molar-refractivity contribution in [2.24, 2.45) is 11.6 Å². The third-order valence-electron chi connectivity index (χ3n) is 5.09. The van der Waals surface area contributed by atoms with Crippen LogP contribution in [0.25, 0.3) is 11.2 Å². The van der Waals surface area contributed by atoms with Crippen molar-refractivity contribution in [2.45, 2.75) is 51.8 Å². The Morgan fingerprint density at radius 2 is 1.90 bits per heavy atom. The average molecular weight is 583 g/mol. The van der Waals surface area contributed by atoms with Crippen LogP contribution >= 0.6 is 23.2 Å². The van der Waals surface area contributed by atoms with E-state index in [-0.39, 0.29) is 36.0 Å². The molecule has 0 fully saturated rings. The number of nitrogens with one attached hydrogen (secondary N) is 2. The normalized spacial score (nSPS) is 12.1. The number of primary amides is 1. The molecule has 0 saturated heterocycles. The topological polar surface area (TPSA) is 199 Å². The number of amides is 3. The highest BCUT2D eigenvalue weighted by atomic mass is 35.5. The molecule has 0 radical (unpaired) electrons. The summed E-state index contributed by atoms with van der Waals surface area (Å²) in [6.07, 6.45) is 1.46. The third kappa shape index (κ3) is 8.05. The zero-order chi connectivity index (χ0) is 28.7. The molecule has 2 heterocycles. The number of aromatic nitrogens is 4. The molecular formula is C23H28Cl2N8O6. The number of halogens is 2. The first kappa shape index (κ1) is 29.7. The Morgan fingerprint density at radius 3 is 2.56 bits per heavy atom. The minimum Gasteiger partial charge on any atom is -0.493 e. The van der Waals surface area contributed by atoms with Crippen LogP contribution in [0.1, 0.15) is 39.2 Å². The average Bonchev–Trinajstić information content (AvgIpc) is 3.26. The highest BCUT2D eigenvalue weighted by Crippen LogP contribution is 2.34. The van der Waals surface area contributed by atoms with E-state index in [9.17, 15) is 14.4 Å². The minimum absolute atomic E-state index is 0.0871. The van der Waals surface area contributed by atoms with Gasteiger partial charge in [-0.15, -0.1) is 0 Å². The summed E-state index contributed by atoms with van der Waals surface area (Å²) >= 11 is 12.8. The Labute approximate surface area is 233 Å². The summed E-state index contributed by atoms with van der Waals surface area (Å²) in [7, 11) is 0. The quantitative estimate of drug-likeness (QED) is 0.119. The molecule has 0 aliphatic heterocycles. The van der Waals surface area contributed by atoms with Crippen molar-refractivity contribution >= 4 is 52.5 Å². The fraction of sp³-hybridized carbons (Fsp3) is 0.391. The van der Waals surface area contributed by atoms with Crippen LogP contribution in [0.4, 0.5) is 9.59 Å². The fourth-order valence-electron chi connectivity index (χ4n) is 3.46. The van der Waals surface area contributed by atoms with Crippen LogP contribution in [0.2, 0.25) is 10.0 Å². The Hall–Kier alpha value is -3.88. The second kappa shape index (κ2) is 12.8. The molecule has 0 unspecified atom stereocenters. The maximum Gasteiger partial charge on any atom is 0.411 e. The first-order chi connectivity index (χ1) is 18.4. The number of nitrogens with two attached hydrogens (primary N) is 2. The molecular weight excluding hydrogens is 555 g/mol. The molecule has 0 bridgehead atoms. The summed E-state index contributed by atoms with van der Waals surface area (Å²) in [6.45, 7) is 5.44. The molecule has 6 N–H and O–H groups in total. The third-order valence-corrected chi connectivity index (χ3v) is 5.93. The number of hydrogen-bond donors (Lipinski definition) is 4. The summed E-state index contributed by atoms with van der Waals surface area (Å²) in [5.74, 6) is 5.02. The zero-order valence-corrected chi connectivity index (χ0v) is 22.9. The molecule has 3 amide bonds. The summed E-state index contributed by atoms with van der Waals surface area (Å²) in [4.78, 5) is 47.7. The van der Waals surface area contributed by atoms with Gasteiger partial charge in [-0.05, 0) is 45.7 Å². The van der Waals surface area contributed by atoms with Crippen LogP contribution in [0.15, 0.2) is 24.8 Å². The van der Waals surface area contributed by atoms with Crippen molar-refractivity contribution in [2.75, 3.05) is 6.61 Å². The van der Waals surface area contributed by atoms with Gasteiger partial charge in [-0.2, -0.15) is 4.98 Å². The lowest BCUT2D eigenvalue weighted by molar-refractivity contribution is -0.123. The Bertz CT molecular complexity index is 1360. The van der Waals surface area contributed by atoms with Gasteiger partial charge in [0.2, 0.25) is 0 Å². The number of hydrogen-bond acceptors (Lipinski definition) is 10. The van der Waals surface area contributed by atoms with E-state index in [1.807, 2.05) is 5.43 Å². The van der Waals surface area contributed by atoms with Crippen LogP contribution in [-0.2, 0) is 16.1 Å². The molecule has 0 aliphatic carbocycles. The Balaban J connectivity index is 1.72. The van der Waals surface area contributed by atoms with Gasteiger partial charge >= 0.3 is 12.2 Å². The van der Waals surface area contributed by atoms with Crippen LogP contribution in [0, 0.1) is 0 Å². The highest BCUT2D eigenvalue weighted by molar-refractivity contribution is 6.42. The van der Waals surface area contributed by atoms with Crippen molar-refractivity contribution < 1.29 is 28.6 Å². The van der Waals surface area contributed by atoms with Gasteiger partial charge in [0.05, 0.1) is 29.5 Å². The molecule has 14 nitrogen and oxygen atoms in total. The van der Waals surface area contributed by atoms with Crippen LogP contribution in [0.5, 0.6) is 11.6 Å². The van der Waals surface area contributed by atoms with Crippen LogP contribution in [-0.4, -0.2) is 55.9 Å². The number of ether oxygens (including phenoxy) is 3. The van der Waals surface area contributed by atoms with Crippen molar-refractivity contribution in [1.82, 2.24) is 30.3 Å². The van der Waals surface area contributed by atoms with E-state index in [0.29, 0.717) is 28.4 Å². The first-order valence-corrected chi connectivity index (χ1v) is 12.4. The SMILES string of the molecule is CC(C)(C)OC(=O)N[C@H](CCCOc1ccc(Cl)c(Cl)c1Cn1cnc2c(OC(N)=O)ncnc21)C(=O)NN. The summed E-state index contributed by atoms with van der Waals surface area (Å²) < 4.78 is 17.7. The smallest absolute Gasteiger partial charge is 0.411 e. The van der Waals surface area contributed by atoms with Gasteiger partial charge in [0.15, 0.2) is 11.2 Å². The number of fused-ring (bicyclic) bond motifs is 1. The molecule has 0 saturated carbocycles. The summed E-state index contributed by atoms with van der Waals surface area (Å²) in [6, 6.07) is 2.31. The number of benzene rings is 1. The molecule has 16 heteroatoms. The molecule has 39 heavy (non-hydrogen) atoms. The number of carbonyl (C=O) groups is 3. The number of carbonyl (C=O) groups excluding carboxylic acids is 3. The predicted molar refractivity (Wildman–Crippen MR) is 141 cm³/mol. The lowest BCUT2D eigenvalue weighted by Crippen LogP contribution is -2.50. The lowest BCUT2D eigenvalue weighted by atomic mass is 10.1. The standard InChI is InChI=1S/C23H28Cl2N8O6/c1-23(2,3)39-22(36)31-14(19(34)32-27)5-4-8-37-15-7-6-13(24)16(25)12(15)9-33-11-30-17-18(33)28-10-29-20(17)38-21(26)35/h6-7,10-11,14H,4-5,8-9,27H2,1-3H3,(H2,26,35)(H,31,36)(H,32,34)/t14-/m1/s1. The van der Waals surface area contributed by atoms with Gasteiger partial charge in [0.25, 0.3) is 11.8 Å². The van der Waals surface area contributed by atoms with Crippen molar-refractivity contribution in [3.05, 3.63) is 40.4 Å². The fourth-order valence-corrected chi connectivity index (χ4v) is 3.85.